The van der Waals surface area contributed by atoms with Gasteiger partial charge in [0.2, 0.25) is 5.82 Å². The number of rotatable bonds is 7. The van der Waals surface area contributed by atoms with E-state index >= 15 is 0 Å². The van der Waals surface area contributed by atoms with E-state index in [9.17, 15) is 4.79 Å². The fourth-order valence-corrected chi connectivity index (χ4v) is 2.23. The highest BCUT2D eigenvalue weighted by Crippen LogP contribution is 2.27. The monoisotopic (exact) mass is 354 g/mol. The van der Waals surface area contributed by atoms with Crippen LogP contribution in [0.2, 0.25) is 0 Å². The highest BCUT2D eigenvalue weighted by molar-refractivity contribution is 5.86. The number of hydrogen-bond acceptors (Lipinski definition) is 7. The van der Waals surface area contributed by atoms with E-state index < -0.39 is 5.97 Å². The lowest BCUT2D eigenvalue weighted by atomic mass is 10.2. The largest absolute Gasteiger partial charge is 0.493 e. The van der Waals surface area contributed by atoms with Crippen molar-refractivity contribution >= 4 is 12.0 Å². The Bertz CT molecular complexity index is 910. The lowest BCUT2D eigenvalue weighted by molar-refractivity contribution is -0.139. The van der Waals surface area contributed by atoms with Crippen molar-refractivity contribution in [3.8, 4) is 17.1 Å². The first-order valence-corrected chi connectivity index (χ1v) is 8.11. The van der Waals surface area contributed by atoms with Crippen LogP contribution < -0.4 is 4.74 Å². The second-order valence-corrected chi connectivity index (χ2v) is 5.33. The second kappa shape index (κ2) is 8.15. The summed E-state index contributed by atoms with van der Waals surface area (Å²) in [5, 5.41) is 3.91. The second-order valence-electron chi connectivity index (χ2n) is 5.33. The maximum Gasteiger partial charge on any atom is 0.331 e. The van der Waals surface area contributed by atoms with Crippen LogP contribution in [-0.2, 0) is 16.1 Å². The Hall–Kier alpha value is -3.35. The molecule has 0 amide bonds. The summed E-state index contributed by atoms with van der Waals surface area (Å²) in [4.78, 5) is 16.0. The topological polar surface area (TPSA) is 87.6 Å². The van der Waals surface area contributed by atoms with Crippen molar-refractivity contribution in [3.63, 3.8) is 0 Å². The Kier molecular flexibility index (Phi) is 5.48. The zero-order valence-corrected chi connectivity index (χ0v) is 14.5. The van der Waals surface area contributed by atoms with E-state index in [0.717, 1.165) is 5.76 Å². The van der Waals surface area contributed by atoms with E-state index in [1.165, 1.54) is 12.2 Å². The van der Waals surface area contributed by atoms with Crippen molar-refractivity contribution in [2.75, 3.05) is 6.61 Å². The maximum absolute atomic E-state index is 11.8. The number of hydrogen-bond donors (Lipinski definition) is 0. The van der Waals surface area contributed by atoms with Gasteiger partial charge in [0.05, 0.1) is 12.2 Å². The van der Waals surface area contributed by atoms with Gasteiger partial charge in [0.15, 0.2) is 6.61 Å². The number of aromatic nitrogens is 2. The van der Waals surface area contributed by atoms with E-state index in [1.807, 2.05) is 44.2 Å². The Labute approximate surface area is 150 Å². The third kappa shape index (κ3) is 4.38. The minimum atomic E-state index is -0.534. The number of carbonyl (C=O) groups is 1. The van der Waals surface area contributed by atoms with Crippen LogP contribution in [0.5, 0.6) is 5.75 Å². The molecule has 0 atom stereocenters. The van der Waals surface area contributed by atoms with Crippen LogP contribution >= 0.6 is 0 Å². The SMILES string of the molecule is CCOc1ccccc1-c1noc(COC(=O)/C=C/c2ccc(C)o2)n1. The van der Waals surface area contributed by atoms with Crippen LogP contribution in [0.3, 0.4) is 0 Å². The first-order valence-electron chi connectivity index (χ1n) is 8.11. The Morgan fingerprint density at radius 1 is 1.23 bits per heavy atom. The Morgan fingerprint density at radius 3 is 2.85 bits per heavy atom. The number of aryl methyl sites for hydroxylation is 1. The number of para-hydroxylation sites is 1. The van der Waals surface area contributed by atoms with Crippen LogP contribution in [0.1, 0.15) is 24.3 Å². The van der Waals surface area contributed by atoms with Crippen molar-refractivity contribution in [1.82, 2.24) is 10.1 Å². The first-order chi connectivity index (χ1) is 12.7. The standard InChI is InChI=1S/C19H18N2O5/c1-3-23-16-7-5-4-6-15(16)19-20-17(26-21-19)12-24-18(22)11-10-14-9-8-13(2)25-14/h4-11H,3,12H2,1-2H3/b11-10+. The van der Waals surface area contributed by atoms with Gasteiger partial charge in [0, 0.05) is 6.08 Å². The fourth-order valence-electron chi connectivity index (χ4n) is 2.23. The molecule has 0 fully saturated rings. The van der Waals surface area contributed by atoms with Gasteiger partial charge >= 0.3 is 5.97 Å². The number of ether oxygens (including phenoxy) is 2. The minimum Gasteiger partial charge on any atom is -0.493 e. The third-order valence-corrected chi connectivity index (χ3v) is 3.38. The summed E-state index contributed by atoms with van der Waals surface area (Å²) in [6, 6.07) is 11.0. The smallest absolute Gasteiger partial charge is 0.331 e. The summed E-state index contributed by atoms with van der Waals surface area (Å²) in [6.45, 7) is 4.13. The Balaban J connectivity index is 1.60. The molecule has 0 radical (unpaired) electrons. The van der Waals surface area contributed by atoms with Gasteiger partial charge in [0.25, 0.3) is 5.89 Å². The molecule has 26 heavy (non-hydrogen) atoms. The number of nitrogens with zero attached hydrogens (tertiary/aromatic N) is 2. The predicted molar refractivity (Wildman–Crippen MR) is 93.2 cm³/mol. The van der Waals surface area contributed by atoms with E-state index in [1.54, 1.807) is 6.07 Å². The molecule has 0 spiro atoms. The number of benzene rings is 1. The van der Waals surface area contributed by atoms with Gasteiger partial charge < -0.3 is 18.4 Å². The molecule has 134 valence electrons. The van der Waals surface area contributed by atoms with Crippen molar-refractivity contribution in [2.24, 2.45) is 0 Å². The van der Waals surface area contributed by atoms with Gasteiger partial charge in [-0.1, -0.05) is 17.3 Å². The van der Waals surface area contributed by atoms with Crippen LogP contribution in [0.25, 0.3) is 17.5 Å². The van der Waals surface area contributed by atoms with Crippen molar-refractivity contribution in [1.29, 1.82) is 0 Å². The maximum atomic E-state index is 11.8. The van der Waals surface area contributed by atoms with Gasteiger partial charge in [0.1, 0.15) is 17.3 Å². The summed E-state index contributed by atoms with van der Waals surface area (Å²) in [7, 11) is 0. The highest BCUT2D eigenvalue weighted by atomic mass is 16.6. The van der Waals surface area contributed by atoms with Crippen LogP contribution in [0.4, 0.5) is 0 Å². The summed E-state index contributed by atoms with van der Waals surface area (Å²) < 4.78 is 21.1. The number of furan rings is 1. The van der Waals surface area contributed by atoms with Crippen molar-refractivity contribution in [3.05, 3.63) is 59.9 Å². The predicted octanol–water partition coefficient (Wildman–Crippen LogP) is 3.79. The molecule has 1 aromatic carbocycles. The molecule has 0 aliphatic carbocycles. The van der Waals surface area contributed by atoms with Gasteiger partial charge in [-0.05, 0) is 44.2 Å². The van der Waals surface area contributed by atoms with Crippen LogP contribution in [0, 0.1) is 6.92 Å². The molecule has 2 heterocycles. The number of carbonyl (C=O) groups excluding carboxylic acids is 1. The summed E-state index contributed by atoms with van der Waals surface area (Å²) in [5.41, 5.74) is 0.712. The third-order valence-electron chi connectivity index (χ3n) is 3.38. The summed E-state index contributed by atoms with van der Waals surface area (Å²) in [5.74, 6) is 2.05. The molecule has 0 aliphatic heterocycles. The van der Waals surface area contributed by atoms with Crippen LogP contribution in [-0.4, -0.2) is 22.7 Å². The normalized spacial score (nSPS) is 11.0. The van der Waals surface area contributed by atoms with Crippen LogP contribution in [0.15, 0.2) is 51.4 Å². The van der Waals surface area contributed by atoms with E-state index in [2.05, 4.69) is 10.1 Å². The van der Waals surface area contributed by atoms with Gasteiger partial charge in [-0.15, -0.1) is 0 Å². The van der Waals surface area contributed by atoms with Gasteiger partial charge in [-0.2, -0.15) is 4.98 Å². The molecule has 7 heteroatoms. The zero-order chi connectivity index (χ0) is 18.4. The molecule has 0 bridgehead atoms. The Morgan fingerprint density at radius 2 is 2.08 bits per heavy atom. The molecular formula is C19H18N2O5. The first kappa shape index (κ1) is 17.5. The lowest BCUT2D eigenvalue weighted by Crippen LogP contribution is -2.01. The van der Waals surface area contributed by atoms with Crippen molar-refractivity contribution in [2.45, 2.75) is 20.5 Å². The summed E-state index contributed by atoms with van der Waals surface area (Å²) in [6.07, 6.45) is 2.81. The van der Waals surface area contributed by atoms with E-state index in [-0.39, 0.29) is 12.5 Å². The average molecular weight is 354 g/mol. The molecular weight excluding hydrogens is 336 g/mol. The fraction of sp³-hybridized carbons (Fsp3) is 0.211. The molecule has 7 nitrogen and oxygen atoms in total. The zero-order valence-electron chi connectivity index (χ0n) is 14.5. The molecule has 0 saturated carbocycles. The van der Waals surface area contributed by atoms with E-state index in [0.29, 0.717) is 29.5 Å². The molecule has 0 aliphatic rings. The van der Waals surface area contributed by atoms with Gasteiger partial charge in [-0.3, -0.25) is 0 Å². The molecule has 3 rings (SSSR count). The molecule has 0 saturated heterocycles. The lowest BCUT2D eigenvalue weighted by Gasteiger charge is -2.05. The highest BCUT2D eigenvalue weighted by Gasteiger charge is 2.14. The van der Waals surface area contributed by atoms with Gasteiger partial charge in [-0.25, -0.2) is 4.79 Å². The quantitative estimate of drug-likeness (QED) is 0.471. The number of esters is 1. The minimum absolute atomic E-state index is 0.121. The summed E-state index contributed by atoms with van der Waals surface area (Å²) >= 11 is 0. The van der Waals surface area contributed by atoms with E-state index in [4.69, 9.17) is 18.4 Å². The molecule has 3 aromatic rings. The average Bonchev–Trinajstić information content (AvgIpc) is 3.28. The van der Waals surface area contributed by atoms with Crippen molar-refractivity contribution < 1.29 is 23.2 Å². The molecule has 0 N–H and O–H groups in total. The molecule has 2 aromatic heterocycles. The molecule has 0 unspecified atom stereocenters.